The van der Waals surface area contributed by atoms with Crippen LogP contribution in [0.25, 0.3) is 0 Å². The molecule has 2 amide bonds. The monoisotopic (exact) mass is 627 g/mol. The molecular formula is C32H38ClN3O6S. The highest BCUT2D eigenvalue weighted by Gasteiger charge is 2.31. The van der Waals surface area contributed by atoms with Crippen LogP contribution in [-0.4, -0.2) is 57.3 Å². The number of fused-ring (bicyclic) bond motifs is 1. The van der Waals surface area contributed by atoms with E-state index in [4.69, 9.17) is 21.1 Å². The lowest BCUT2D eigenvalue weighted by Crippen LogP contribution is -2.51. The summed E-state index contributed by atoms with van der Waals surface area (Å²) in [7, 11) is -3.66. The fraction of sp³-hybridized carbons (Fsp3) is 0.375. The summed E-state index contributed by atoms with van der Waals surface area (Å²) in [4.78, 5) is 29.1. The SMILES string of the molecule is CC(C)CNC(=O)[C@@H](Cc1ccccc1)N(Cc1ccc(Cl)cc1)C(=O)CCCN(c1ccc2c(c1)OCO2)S(C)(=O)=O. The molecule has 0 aromatic heterocycles. The normalized spacial score (nSPS) is 13.0. The average Bonchev–Trinajstić information content (AvgIpc) is 3.44. The minimum atomic E-state index is -3.66. The fourth-order valence-corrected chi connectivity index (χ4v) is 5.89. The van der Waals surface area contributed by atoms with Crippen molar-refractivity contribution in [1.82, 2.24) is 10.2 Å². The lowest BCUT2D eigenvalue weighted by molar-refractivity contribution is -0.141. The molecule has 0 fully saturated rings. The van der Waals surface area contributed by atoms with Crippen LogP contribution in [-0.2, 0) is 32.6 Å². The van der Waals surface area contributed by atoms with Crippen LogP contribution in [0.5, 0.6) is 11.5 Å². The third-order valence-corrected chi connectivity index (χ3v) is 8.46. The molecule has 1 aliphatic rings. The molecule has 1 N–H and O–H groups in total. The van der Waals surface area contributed by atoms with Gasteiger partial charge in [-0.3, -0.25) is 13.9 Å². The molecular weight excluding hydrogens is 590 g/mol. The Bertz CT molecular complexity index is 1500. The Kier molecular flexibility index (Phi) is 10.9. The van der Waals surface area contributed by atoms with Gasteiger partial charge in [0.1, 0.15) is 6.04 Å². The van der Waals surface area contributed by atoms with Crippen molar-refractivity contribution >= 4 is 39.1 Å². The van der Waals surface area contributed by atoms with Gasteiger partial charge in [-0.15, -0.1) is 0 Å². The van der Waals surface area contributed by atoms with Crippen LogP contribution in [0.1, 0.15) is 37.8 Å². The number of carbonyl (C=O) groups is 2. The van der Waals surface area contributed by atoms with Crippen molar-refractivity contribution in [2.24, 2.45) is 5.92 Å². The van der Waals surface area contributed by atoms with Crippen LogP contribution in [0, 0.1) is 5.92 Å². The number of rotatable bonds is 14. The second-order valence-electron chi connectivity index (χ2n) is 11.0. The summed E-state index contributed by atoms with van der Waals surface area (Å²) in [6, 6.07) is 20.9. The quantitative estimate of drug-likeness (QED) is 0.269. The lowest BCUT2D eigenvalue weighted by Gasteiger charge is -2.32. The fourth-order valence-electron chi connectivity index (χ4n) is 4.81. The highest BCUT2D eigenvalue weighted by molar-refractivity contribution is 7.92. The van der Waals surface area contributed by atoms with E-state index >= 15 is 0 Å². The Labute approximate surface area is 258 Å². The third-order valence-electron chi connectivity index (χ3n) is 7.02. The summed E-state index contributed by atoms with van der Waals surface area (Å²) in [5.74, 6) is 0.755. The average molecular weight is 628 g/mol. The molecule has 1 heterocycles. The van der Waals surface area contributed by atoms with Crippen LogP contribution in [0.2, 0.25) is 5.02 Å². The van der Waals surface area contributed by atoms with Crippen molar-refractivity contribution in [3.05, 3.63) is 88.9 Å². The van der Waals surface area contributed by atoms with E-state index in [2.05, 4.69) is 5.32 Å². The van der Waals surface area contributed by atoms with Gasteiger partial charge in [0.25, 0.3) is 0 Å². The Morgan fingerprint density at radius 2 is 1.65 bits per heavy atom. The zero-order valence-electron chi connectivity index (χ0n) is 24.7. The van der Waals surface area contributed by atoms with Gasteiger partial charge in [0.2, 0.25) is 28.6 Å². The zero-order valence-corrected chi connectivity index (χ0v) is 26.2. The number of nitrogens with one attached hydrogen (secondary N) is 1. The maximum absolute atomic E-state index is 13.9. The van der Waals surface area contributed by atoms with Crippen molar-refractivity contribution in [2.75, 3.05) is 30.4 Å². The van der Waals surface area contributed by atoms with Crippen LogP contribution in [0.4, 0.5) is 5.69 Å². The van der Waals surface area contributed by atoms with Gasteiger partial charge >= 0.3 is 0 Å². The van der Waals surface area contributed by atoms with Crippen molar-refractivity contribution in [1.29, 1.82) is 0 Å². The van der Waals surface area contributed by atoms with Gasteiger partial charge in [0.15, 0.2) is 11.5 Å². The smallest absolute Gasteiger partial charge is 0.243 e. The highest BCUT2D eigenvalue weighted by atomic mass is 35.5. The van der Waals surface area contributed by atoms with Crippen LogP contribution < -0.4 is 19.1 Å². The number of sulfonamides is 1. The predicted molar refractivity (Wildman–Crippen MR) is 168 cm³/mol. The maximum atomic E-state index is 13.9. The molecule has 43 heavy (non-hydrogen) atoms. The van der Waals surface area contributed by atoms with Gasteiger partial charge in [0, 0.05) is 43.6 Å². The molecule has 0 bridgehead atoms. The maximum Gasteiger partial charge on any atom is 0.243 e. The van der Waals surface area contributed by atoms with E-state index in [0.717, 1.165) is 17.4 Å². The molecule has 0 aliphatic carbocycles. The first-order chi connectivity index (χ1) is 20.5. The summed E-state index contributed by atoms with van der Waals surface area (Å²) in [6.45, 7) is 4.84. The number of ether oxygens (including phenoxy) is 2. The summed E-state index contributed by atoms with van der Waals surface area (Å²) in [5.41, 5.74) is 2.17. The predicted octanol–water partition coefficient (Wildman–Crippen LogP) is 5.03. The number of hydrogen-bond donors (Lipinski definition) is 1. The van der Waals surface area contributed by atoms with E-state index in [1.807, 2.05) is 56.3 Å². The van der Waals surface area contributed by atoms with Crippen LogP contribution >= 0.6 is 11.6 Å². The zero-order chi connectivity index (χ0) is 31.0. The number of amides is 2. The first-order valence-electron chi connectivity index (χ1n) is 14.2. The molecule has 230 valence electrons. The van der Waals surface area contributed by atoms with E-state index in [1.165, 1.54) is 4.31 Å². The summed E-state index contributed by atoms with van der Waals surface area (Å²) in [5, 5.41) is 3.58. The molecule has 1 atom stereocenters. The minimum absolute atomic E-state index is 0.0346. The van der Waals surface area contributed by atoms with Gasteiger partial charge in [0.05, 0.1) is 11.9 Å². The van der Waals surface area contributed by atoms with Crippen molar-refractivity contribution in [3.8, 4) is 11.5 Å². The Balaban J connectivity index is 1.57. The van der Waals surface area contributed by atoms with E-state index in [-0.39, 0.29) is 50.5 Å². The number of anilines is 1. The standard InChI is InChI=1S/C32H38ClN3O6S/c1-23(2)20-34-32(38)28(18-24-8-5-4-6-9-24)35(21-25-11-13-26(33)14-12-25)31(37)10-7-17-36(43(3,39)40)27-15-16-29-30(19-27)42-22-41-29/h4-6,8-9,11-16,19,23,28H,7,10,17-18,20-22H2,1-3H3,(H,34,38)/t28-/m1/s1. The Morgan fingerprint density at radius 1 is 0.953 bits per heavy atom. The molecule has 11 heteroatoms. The van der Waals surface area contributed by atoms with Gasteiger partial charge < -0.3 is 19.7 Å². The third kappa shape index (κ3) is 9.11. The van der Waals surface area contributed by atoms with E-state index < -0.39 is 16.1 Å². The molecule has 4 rings (SSSR count). The van der Waals surface area contributed by atoms with E-state index in [0.29, 0.717) is 35.2 Å². The summed E-state index contributed by atoms with van der Waals surface area (Å²) < 4.78 is 37.5. The first-order valence-corrected chi connectivity index (χ1v) is 16.5. The minimum Gasteiger partial charge on any atom is -0.454 e. The van der Waals surface area contributed by atoms with Gasteiger partial charge in [-0.05, 0) is 47.7 Å². The number of nitrogens with zero attached hydrogens (tertiary/aromatic N) is 2. The topological polar surface area (TPSA) is 105 Å². The number of hydrogen-bond acceptors (Lipinski definition) is 6. The van der Waals surface area contributed by atoms with Crippen LogP contribution in [0.3, 0.4) is 0 Å². The van der Waals surface area contributed by atoms with Gasteiger partial charge in [-0.1, -0.05) is 67.9 Å². The van der Waals surface area contributed by atoms with E-state index in [1.54, 1.807) is 35.2 Å². The lowest BCUT2D eigenvalue weighted by atomic mass is 10.0. The Morgan fingerprint density at radius 3 is 2.33 bits per heavy atom. The second kappa shape index (κ2) is 14.6. The van der Waals surface area contributed by atoms with Gasteiger partial charge in [-0.2, -0.15) is 0 Å². The molecule has 0 saturated heterocycles. The van der Waals surface area contributed by atoms with E-state index in [9.17, 15) is 18.0 Å². The number of halogens is 1. The van der Waals surface area contributed by atoms with Crippen molar-refractivity contribution < 1.29 is 27.5 Å². The number of carbonyl (C=O) groups excluding carboxylic acids is 2. The highest BCUT2D eigenvalue weighted by Crippen LogP contribution is 2.36. The molecule has 0 unspecified atom stereocenters. The molecule has 0 radical (unpaired) electrons. The summed E-state index contributed by atoms with van der Waals surface area (Å²) in [6.07, 6.45) is 1.73. The number of benzene rings is 3. The molecule has 0 saturated carbocycles. The van der Waals surface area contributed by atoms with Gasteiger partial charge in [-0.25, -0.2) is 8.42 Å². The second-order valence-corrected chi connectivity index (χ2v) is 13.3. The molecule has 3 aromatic carbocycles. The van der Waals surface area contributed by atoms with Crippen LogP contribution in [0.15, 0.2) is 72.8 Å². The largest absolute Gasteiger partial charge is 0.454 e. The summed E-state index contributed by atoms with van der Waals surface area (Å²) >= 11 is 6.11. The molecule has 0 spiro atoms. The van der Waals surface area contributed by atoms with Crippen molar-refractivity contribution in [3.63, 3.8) is 0 Å². The van der Waals surface area contributed by atoms with Crippen molar-refractivity contribution in [2.45, 2.75) is 45.7 Å². The molecule has 3 aromatic rings. The molecule has 9 nitrogen and oxygen atoms in total. The molecule has 1 aliphatic heterocycles. The Hall–Kier alpha value is -3.76. The first kappa shape index (κ1) is 32.2.